The van der Waals surface area contributed by atoms with Crippen LogP contribution in [0.3, 0.4) is 0 Å². The van der Waals surface area contributed by atoms with Crippen molar-refractivity contribution in [2.45, 2.75) is 6.42 Å². The Bertz CT molecular complexity index is 1030. The predicted molar refractivity (Wildman–Crippen MR) is 79.3 cm³/mol. The minimum atomic E-state index is -0.693. The van der Waals surface area contributed by atoms with E-state index in [1.165, 1.54) is 12.1 Å². The van der Waals surface area contributed by atoms with Crippen molar-refractivity contribution in [3.63, 3.8) is 0 Å². The second-order valence-corrected chi connectivity index (χ2v) is 4.98. The van der Waals surface area contributed by atoms with Crippen molar-refractivity contribution in [1.82, 2.24) is 15.1 Å². The molecule has 114 valence electrons. The first kappa shape index (κ1) is 13.4. The SMILES string of the molecule is O=c1[nH]c2c(F)c(Cc3noc(-c4ccccc4)n3)ccc2o1. The molecule has 0 unspecified atom stereocenters. The van der Waals surface area contributed by atoms with Gasteiger partial charge in [-0.1, -0.05) is 29.4 Å². The average molecular weight is 311 g/mol. The fourth-order valence-corrected chi connectivity index (χ4v) is 2.36. The molecule has 0 amide bonds. The Morgan fingerprint density at radius 1 is 1.13 bits per heavy atom. The van der Waals surface area contributed by atoms with Crippen LogP contribution < -0.4 is 5.76 Å². The highest BCUT2D eigenvalue weighted by Crippen LogP contribution is 2.21. The van der Waals surface area contributed by atoms with Crippen LogP contribution in [0.2, 0.25) is 0 Å². The van der Waals surface area contributed by atoms with Gasteiger partial charge in [-0.15, -0.1) is 0 Å². The summed E-state index contributed by atoms with van der Waals surface area (Å²) < 4.78 is 24.4. The van der Waals surface area contributed by atoms with Crippen molar-refractivity contribution in [2.24, 2.45) is 0 Å². The molecule has 1 N–H and O–H groups in total. The molecule has 0 aliphatic rings. The second-order valence-electron chi connectivity index (χ2n) is 4.98. The molecule has 0 saturated heterocycles. The molecule has 0 aliphatic carbocycles. The summed E-state index contributed by atoms with van der Waals surface area (Å²) in [7, 11) is 0. The summed E-state index contributed by atoms with van der Waals surface area (Å²) in [6.45, 7) is 0. The summed E-state index contributed by atoms with van der Waals surface area (Å²) in [5, 5.41) is 3.87. The third kappa shape index (κ3) is 2.42. The maximum absolute atomic E-state index is 14.4. The van der Waals surface area contributed by atoms with Gasteiger partial charge in [0.2, 0.25) is 0 Å². The Morgan fingerprint density at radius 2 is 1.96 bits per heavy atom. The van der Waals surface area contributed by atoms with E-state index in [2.05, 4.69) is 15.1 Å². The zero-order valence-corrected chi connectivity index (χ0v) is 11.7. The highest BCUT2D eigenvalue weighted by Gasteiger charge is 2.15. The molecule has 2 aromatic carbocycles. The lowest BCUT2D eigenvalue weighted by atomic mass is 10.1. The lowest BCUT2D eigenvalue weighted by Crippen LogP contribution is -1.97. The third-order valence-electron chi connectivity index (χ3n) is 3.45. The van der Waals surface area contributed by atoms with E-state index in [9.17, 15) is 9.18 Å². The van der Waals surface area contributed by atoms with Crippen molar-refractivity contribution >= 4 is 11.1 Å². The van der Waals surface area contributed by atoms with E-state index < -0.39 is 11.6 Å². The summed E-state index contributed by atoms with van der Waals surface area (Å²) in [4.78, 5) is 17.7. The zero-order valence-electron chi connectivity index (χ0n) is 11.7. The molecule has 6 nitrogen and oxygen atoms in total. The average Bonchev–Trinajstić information content (AvgIpc) is 3.18. The van der Waals surface area contributed by atoms with Gasteiger partial charge in [0, 0.05) is 12.0 Å². The molecule has 0 spiro atoms. The van der Waals surface area contributed by atoms with Gasteiger partial charge in [0.25, 0.3) is 5.89 Å². The molecule has 7 heteroatoms. The summed E-state index contributed by atoms with van der Waals surface area (Å²) in [5.74, 6) is -0.520. The number of rotatable bonds is 3. The van der Waals surface area contributed by atoms with Crippen LogP contribution in [0.5, 0.6) is 0 Å². The Balaban J connectivity index is 1.67. The number of nitrogens with one attached hydrogen (secondary N) is 1. The highest BCUT2D eigenvalue weighted by atomic mass is 19.1. The van der Waals surface area contributed by atoms with Gasteiger partial charge in [-0.3, -0.25) is 4.98 Å². The van der Waals surface area contributed by atoms with Crippen LogP contribution in [0.15, 0.2) is 56.2 Å². The number of halogens is 1. The summed E-state index contributed by atoms with van der Waals surface area (Å²) >= 11 is 0. The summed E-state index contributed by atoms with van der Waals surface area (Å²) in [6, 6.07) is 12.4. The number of hydrogen-bond donors (Lipinski definition) is 1. The lowest BCUT2D eigenvalue weighted by Gasteiger charge is -1.99. The lowest BCUT2D eigenvalue weighted by molar-refractivity contribution is 0.423. The van der Waals surface area contributed by atoms with Crippen LogP contribution in [0.25, 0.3) is 22.6 Å². The van der Waals surface area contributed by atoms with Gasteiger partial charge in [0.05, 0.1) is 0 Å². The van der Waals surface area contributed by atoms with Crippen LogP contribution in [0, 0.1) is 5.82 Å². The van der Waals surface area contributed by atoms with Crippen LogP contribution in [0.1, 0.15) is 11.4 Å². The molecule has 23 heavy (non-hydrogen) atoms. The van der Waals surface area contributed by atoms with Crippen LogP contribution in [0.4, 0.5) is 4.39 Å². The molecular weight excluding hydrogens is 301 g/mol. The highest BCUT2D eigenvalue weighted by molar-refractivity contribution is 5.73. The first-order valence-corrected chi connectivity index (χ1v) is 6.89. The van der Waals surface area contributed by atoms with E-state index >= 15 is 0 Å². The van der Waals surface area contributed by atoms with Crippen molar-refractivity contribution in [1.29, 1.82) is 0 Å². The molecule has 0 aliphatic heterocycles. The number of aromatic amines is 1. The van der Waals surface area contributed by atoms with Crippen LogP contribution in [-0.4, -0.2) is 15.1 Å². The van der Waals surface area contributed by atoms with Crippen molar-refractivity contribution in [2.75, 3.05) is 0 Å². The van der Waals surface area contributed by atoms with E-state index in [4.69, 9.17) is 8.94 Å². The Labute approximate surface area is 128 Å². The van der Waals surface area contributed by atoms with Gasteiger partial charge in [-0.25, -0.2) is 9.18 Å². The van der Waals surface area contributed by atoms with Gasteiger partial charge in [-0.05, 0) is 23.8 Å². The minimum Gasteiger partial charge on any atom is -0.408 e. The maximum atomic E-state index is 14.4. The smallest absolute Gasteiger partial charge is 0.408 e. The molecule has 4 aromatic rings. The number of nitrogens with zero attached hydrogens (tertiary/aromatic N) is 2. The molecular formula is C16H10FN3O3. The third-order valence-corrected chi connectivity index (χ3v) is 3.45. The van der Waals surface area contributed by atoms with Crippen LogP contribution >= 0.6 is 0 Å². The van der Waals surface area contributed by atoms with E-state index in [1.807, 2.05) is 30.3 Å². The molecule has 0 saturated carbocycles. The van der Waals surface area contributed by atoms with E-state index in [0.717, 1.165) is 5.56 Å². The summed E-state index contributed by atoms with van der Waals surface area (Å²) in [5.41, 5.74) is 1.35. The normalized spacial score (nSPS) is 11.2. The Hall–Kier alpha value is -3.22. The van der Waals surface area contributed by atoms with Crippen molar-refractivity contribution < 1.29 is 13.3 Å². The summed E-state index contributed by atoms with van der Waals surface area (Å²) in [6.07, 6.45) is 0.144. The fraction of sp³-hybridized carbons (Fsp3) is 0.0625. The predicted octanol–water partition coefficient (Wildman–Crippen LogP) is 2.90. The monoisotopic (exact) mass is 311 g/mol. The molecule has 0 atom stereocenters. The first-order chi connectivity index (χ1) is 11.2. The quantitative estimate of drug-likeness (QED) is 0.629. The molecule has 0 fully saturated rings. The zero-order chi connectivity index (χ0) is 15.8. The molecule has 2 aromatic heterocycles. The molecule has 4 rings (SSSR count). The Kier molecular flexibility index (Phi) is 3.04. The maximum Gasteiger partial charge on any atom is 0.417 e. The topological polar surface area (TPSA) is 84.9 Å². The number of benzene rings is 2. The standard InChI is InChI=1S/C16H10FN3O3/c17-13-10(6-7-11-14(13)19-16(21)22-11)8-12-18-15(23-20-12)9-4-2-1-3-5-9/h1-7H,8H2,(H,19,21). The number of hydrogen-bond acceptors (Lipinski definition) is 5. The van der Waals surface area contributed by atoms with Gasteiger partial charge in [-0.2, -0.15) is 4.98 Å². The molecule has 0 radical (unpaired) electrons. The molecule has 0 bridgehead atoms. The van der Waals surface area contributed by atoms with Gasteiger partial charge >= 0.3 is 5.76 Å². The Morgan fingerprint density at radius 3 is 2.78 bits per heavy atom. The van der Waals surface area contributed by atoms with Crippen molar-refractivity contribution in [3.8, 4) is 11.5 Å². The number of oxazole rings is 1. The molecule has 2 heterocycles. The second kappa shape index (κ2) is 5.20. The minimum absolute atomic E-state index is 0.0410. The number of H-pyrrole nitrogens is 1. The van der Waals surface area contributed by atoms with Gasteiger partial charge in [0.15, 0.2) is 17.2 Å². The fourth-order valence-electron chi connectivity index (χ4n) is 2.36. The van der Waals surface area contributed by atoms with Gasteiger partial charge < -0.3 is 8.94 Å². The van der Waals surface area contributed by atoms with E-state index in [-0.39, 0.29) is 17.5 Å². The van der Waals surface area contributed by atoms with Crippen LogP contribution in [-0.2, 0) is 6.42 Å². The largest absolute Gasteiger partial charge is 0.417 e. The number of aromatic nitrogens is 3. The van der Waals surface area contributed by atoms with Gasteiger partial charge in [0.1, 0.15) is 5.52 Å². The number of fused-ring (bicyclic) bond motifs is 1. The van der Waals surface area contributed by atoms with E-state index in [1.54, 1.807) is 0 Å². The van der Waals surface area contributed by atoms with Crippen molar-refractivity contribution in [3.05, 3.63) is 70.2 Å². The van der Waals surface area contributed by atoms with E-state index in [0.29, 0.717) is 17.3 Å². The first-order valence-electron chi connectivity index (χ1n) is 6.89.